The van der Waals surface area contributed by atoms with Crippen LogP contribution < -0.4 is 11.1 Å². The predicted octanol–water partition coefficient (Wildman–Crippen LogP) is 0.998. The maximum Gasteiger partial charge on any atom is 0.277 e. The second kappa shape index (κ2) is 6.53. The lowest BCUT2D eigenvalue weighted by Crippen LogP contribution is -2.24. The minimum atomic E-state index is -0.0686. The lowest BCUT2D eigenvalue weighted by Gasteiger charge is -2.01. The highest BCUT2D eigenvalue weighted by Crippen LogP contribution is 2.15. The van der Waals surface area contributed by atoms with Gasteiger partial charge in [-0.1, -0.05) is 17.8 Å². The number of nitrogens with one attached hydrogen (secondary N) is 1. The average Bonchev–Trinajstić information content (AvgIpc) is 3.04. The molecule has 0 atom stereocenters. The number of nitrogens with zero attached hydrogens (tertiary/aromatic N) is 2. The predicted molar refractivity (Wildman–Crippen MR) is 69.1 cm³/mol. The molecule has 0 aromatic carbocycles. The van der Waals surface area contributed by atoms with Crippen LogP contribution in [0.1, 0.15) is 10.8 Å². The van der Waals surface area contributed by atoms with Gasteiger partial charge in [0.05, 0.1) is 18.8 Å². The lowest BCUT2D eigenvalue weighted by atomic mass is 10.4. The Balaban J connectivity index is 1.71. The van der Waals surface area contributed by atoms with E-state index in [0.717, 1.165) is 4.88 Å². The van der Waals surface area contributed by atoms with E-state index < -0.39 is 0 Å². The standard InChI is InChI=1S/C10H12N4O2S2/c11-4-9-13-14-10(16-9)18-6-8(15)12-5-7-2-1-3-17-7/h1-3H,4-6,11H2,(H,12,15). The largest absolute Gasteiger partial charge is 0.415 e. The maximum atomic E-state index is 11.5. The summed E-state index contributed by atoms with van der Waals surface area (Å²) < 4.78 is 5.17. The van der Waals surface area contributed by atoms with E-state index in [1.54, 1.807) is 11.3 Å². The summed E-state index contributed by atoms with van der Waals surface area (Å²) in [5, 5.41) is 12.6. The van der Waals surface area contributed by atoms with Gasteiger partial charge in [-0.25, -0.2) is 0 Å². The van der Waals surface area contributed by atoms with Crippen LogP contribution in [0.2, 0.25) is 0 Å². The van der Waals surface area contributed by atoms with Crippen LogP contribution in [0.25, 0.3) is 0 Å². The van der Waals surface area contributed by atoms with E-state index in [4.69, 9.17) is 10.2 Å². The highest BCUT2D eigenvalue weighted by atomic mass is 32.2. The first-order valence-corrected chi connectivity index (χ1v) is 7.09. The van der Waals surface area contributed by atoms with Gasteiger partial charge < -0.3 is 15.5 Å². The first-order chi connectivity index (χ1) is 8.78. The Labute approximate surface area is 112 Å². The lowest BCUT2D eigenvalue weighted by molar-refractivity contribution is -0.118. The molecule has 6 nitrogen and oxygen atoms in total. The molecule has 0 aliphatic rings. The van der Waals surface area contributed by atoms with Crippen molar-refractivity contribution in [1.29, 1.82) is 0 Å². The van der Waals surface area contributed by atoms with Crippen molar-refractivity contribution in [2.45, 2.75) is 18.3 Å². The van der Waals surface area contributed by atoms with Crippen LogP contribution in [0.15, 0.2) is 27.2 Å². The maximum absolute atomic E-state index is 11.5. The zero-order chi connectivity index (χ0) is 12.8. The van der Waals surface area contributed by atoms with Crippen molar-refractivity contribution in [2.24, 2.45) is 5.73 Å². The van der Waals surface area contributed by atoms with Crippen molar-refractivity contribution >= 4 is 29.0 Å². The SMILES string of the molecule is NCc1nnc(SCC(=O)NCc2cccs2)o1. The van der Waals surface area contributed by atoms with Crippen molar-refractivity contribution in [3.8, 4) is 0 Å². The summed E-state index contributed by atoms with van der Waals surface area (Å²) in [5.74, 6) is 0.551. The van der Waals surface area contributed by atoms with E-state index in [0.29, 0.717) is 17.7 Å². The summed E-state index contributed by atoms with van der Waals surface area (Å²) >= 11 is 2.81. The number of aromatic nitrogens is 2. The molecule has 0 radical (unpaired) electrons. The zero-order valence-electron chi connectivity index (χ0n) is 9.46. The molecule has 2 aromatic heterocycles. The van der Waals surface area contributed by atoms with Crippen LogP contribution in [0.5, 0.6) is 0 Å². The number of thiophene rings is 1. The van der Waals surface area contributed by atoms with Gasteiger partial charge in [-0.2, -0.15) is 0 Å². The van der Waals surface area contributed by atoms with Gasteiger partial charge in [0.25, 0.3) is 5.22 Å². The molecule has 0 unspecified atom stereocenters. The van der Waals surface area contributed by atoms with Gasteiger partial charge in [-0.3, -0.25) is 4.79 Å². The number of rotatable bonds is 6. The molecule has 2 rings (SSSR count). The number of hydrogen-bond donors (Lipinski definition) is 2. The first kappa shape index (κ1) is 13.1. The molecule has 96 valence electrons. The number of amides is 1. The third kappa shape index (κ3) is 3.83. The fourth-order valence-electron chi connectivity index (χ4n) is 1.16. The Morgan fingerprint density at radius 2 is 2.44 bits per heavy atom. The van der Waals surface area contributed by atoms with Gasteiger partial charge in [0, 0.05) is 4.88 Å². The van der Waals surface area contributed by atoms with Gasteiger partial charge >= 0.3 is 0 Å². The summed E-state index contributed by atoms with van der Waals surface area (Å²) in [6.07, 6.45) is 0. The molecule has 2 heterocycles. The summed E-state index contributed by atoms with van der Waals surface area (Å²) in [5.41, 5.74) is 5.34. The van der Waals surface area contributed by atoms with Crippen LogP contribution in [-0.4, -0.2) is 21.9 Å². The quantitative estimate of drug-likeness (QED) is 0.768. The average molecular weight is 284 g/mol. The molecule has 1 amide bonds. The minimum absolute atomic E-state index is 0.0686. The van der Waals surface area contributed by atoms with Gasteiger partial charge in [0.2, 0.25) is 11.8 Å². The highest BCUT2D eigenvalue weighted by Gasteiger charge is 2.08. The number of hydrogen-bond acceptors (Lipinski definition) is 7. The molecule has 18 heavy (non-hydrogen) atoms. The third-order valence-electron chi connectivity index (χ3n) is 1.99. The van der Waals surface area contributed by atoms with Crippen LogP contribution >= 0.6 is 23.1 Å². The summed E-state index contributed by atoms with van der Waals surface area (Å²) in [6, 6.07) is 3.93. The first-order valence-electron chi connectivity index (χ1n) is 5.22. The normalized spacial score (nSPS) is 10.5. The fourth-order valence-corrected chi connectivity index (χ4v) is 2.41. The Morgan fingerprint density at radius 3 is 3.11 bits per heavy atom. The highest BCUT2D eigenvalue weighted by molar-refractivity contribution is 7.99. The van der Waals surface area contributed by atoms with Crippen LogP contribution in [0, 0.1) is 0 Å². The monoisotopic (exact) mass is 284 g/mol. The van der Waals surface area contributed by atoms with Crippen molar-refractivity contribution < 1.29 is 9.21 Å². The van der Waals surface area contributed by atoms with Crippen molar-refractivity contribution in [1.82, 2.24) is 15.5 Å². The van der Waals surface area contributed by atoms with E-state index in [-0.39, 0.29) is 18.2 Å². The van der Waals surface area contributed by atoms with E-state index in [1.807, 2.05) is 17.5 Å². The molecule has 0 fully saturated rings. The third-order valence-corrected chi connectivity index (χ3v) is 3.68. The molecule has 0 aliphatic carbocycles. The summed E-state index contributed by atoms with van der Waals surface area (Å²) in [6.45, 7) is 0.757. The van der Waals surface area contributed by atoms with Gasteiger partial charge in [0.15, 0.2) is 0 Å². The van der Waals surface area contributed by atoms with Gasteiger partial charge in [0.1, 0.15) is 0 Å². The number of carbonyl (C=O) groups excluding carboxylic acids is 1. The van der Waals surface area contributed by atoms with E-state index in [9.17, 15) is 4.79 Å². The Hall–Kier alpha value is -1.38. The van der Waals surface area contributed by atoms with Crippen LogP contribution in [0.4, 0.5) is 0 Å². The van der Waals surface area contributed by atoms with Crippen LogP contribution in [0.3, 0.4) is 0 Å². The molecule has 8 heteroatoms. The summed E-state index contributed by atoms with van der Waals surface area (Å²) in [7, 11) is 0. The molecule has 0 saturated carbocycles. The number of carbonyl (C=O) groups is 1. The smallest absolute Gasteiger partial charge is 0.277 e. The van der Waals surface area contributed by atoms with E-state index in [2.05, 4.69) is 15.5 Å². The topological polar surface area (TPSA) is 94.0 Å². The second-order valence-electron chi connectivity index (χ2n) is 3.31. The molecule has 0 saturated heterocycles. The van der Waals surface area contributed by atoms with Crippen molar-refractivity contribution in [3.05, 3.63) is 28.3 Å². The van der Waals surface area contributed by atoms with Gasteiger partial charge in [-0.05, 0) is 11.4 Å². The molecule has 0 bridgehead atoms. The molecule has 0 aliphatic heterocycles. The number of nitrogens with two attached hydrogens (primary N) is 1. The fraction of sp³-hybridized carbons (Fsp3) is 0.300. The molecular formula is C10H12N4O2S2. The molecule has 2 aromatic rings. The minimum Gasteiger partial charge on any atom is -0.415 e. The van der Waals surface area contributed by atoms with Crippen molar-refractivity contribution in [2.75, 3.05) is 5.75 Å². The molecular weight excluding hydrogens is 272 g/mol. The Morgan fingerprint density at radius 1 is 1.56 bits per heavy atom. The van der Waals surface area contributed by atoms with Crippen LogP contribution in [-0.2, 0) is 17.9 Å². The molecule has 3 N–H and O–H groups in total. The second-order valence-corrected chi connectivity index (χ2v) is 5.27. The molecule has 0 spiro atoms. The summed E-state index contributed by atoms with van der Waals surface area (Å²) in [4.78, 5) is 12.7. The van der Waals surface area contributed by atoms with E-state index >= 15 is 0 Å². The Bertz CT molecular complexity index is 498. The van der Waals surface area contributed by atoms with E-state index in [1.165, 1.54) is 11.8 Å². The Kier molecular flexibility index (Phi) is 4.73. The van der Waals surface area contributed by atoms with Gasteiger partial charge in [-0.15, -0.1) is 21.5 Å². The van der Waals surface area contributed by atoms with Crippen molar-refractivity contribution in [3.63, 3.8) is 0 Å². The number of thioether (sulfide) groups is 1. The zero-order valence-corrected chi connectivity index (χ0v) is 11.1.